The van der Waals surface area contributed by atoms with Gasteiger partial charge in [0.1, 0.15) is 0 Å². The van der Waals surface area contributed by atoms with Gasteiger partial charge < -0.3 is 0 Å². The lowest BCUT2D eigenvalue weighted by Gasteiger charge is -2.05. The fourth-order valence-corrected chi connectivity index (χ4v) is 5.07. The first-order chi connectivity index (χ1) is 8.80. The number of hydrogen-bond acceptors (Lipinski definition) is 5. The fraction of sp³-hybridized carbons (Fsp3) is 0.417. The number of sulfone groups is 2. The highest BCUT2D eigenvalue weighted by atomic mass is 32.2. The van der Waals surface area contributed by atoms with Crippen molar-refractivity contribution < 1.29 is 16.8 Å². The highest BCUT2D eigenvalue weighted by Crippen LogP contribution is 2.13. The molecule has 0 spiro atoms. The SMILES string of the molecule is CCCS(=O)(=O)CCS(=O)(=O)c1cccc(C#N)c1. The summed E-state index contributed by atoms with van der Waals surface area (Å²) in [5.74, 6) is -0.856. The molecule has 19 heavy (non-hydrogen) atoms. The second-order valence-corrected chi connectivity index (χ2v) is 8.52. The van der Waals surface area contributed by atoms with Crippen molar-refractivity contribution in [2.75, 3.05) is 17.3 Å². The lowest BCUT2D eigenvalue weighted by molar-refractivity contribution is 0.587. The average Bonchev–Trinajstić information content (AvgIpc) is 2.37. The van der Waals surface area contributed by atoms with Gasteiger partial charge in [-0.25, -0.2) is 16.8 Å². The van der Waals surface area contributed by atoms with Crippen LogP contribution in [0.4, 0.5) is 0 Å². The Hall–Kier alpha value is -1.39. The first kappa shape index (κ1) is 15.7. The molecule has 1 aromatic rings. The van der Waals surface area contributed by atoms with Gasteiger partial charge in [-0.1, -0.05) is 13.0 Å². The van der Waals surface area contributed by atoms with E-state index in [0.29, 0.717) is 6.42 Å². The van der Waals surface area contributed by atoms with Crippen LogP contribution in [-0.4, -0.2) is 34.1 Å². The van der Waals surface area contributed by atoms with E-state index >= 15 is 0 Å². The van der Waals surface area contributed by atoms with Crippen LogP contribution >= 0.6 is 0 Å². The Morgan fingerprint density at radius 2 is 1.79 bits per heavy atom. The van der Waals surface area contributed by atoms with Gasteiger partial charge in [0, 0.05) is 5.75 Å². The molecule has 0 aromatic heterocycles. The van der Waals surface area contributed by atoms with Crippen molar-refractivity contribution in [2.45, 2.75) is 18.2 Å². The summed E-state index contributed by atoms with van der Waals surface area (Å²) in [6, 6.07) is 7.42. The van der Waals surface area contributed by atoms with Gasteiger partial charge in [0.25, 0.3) is 0 Å². The quantitative estimate of drug-likeness (QED) is 0.786. The number of nitrogens with zero attached hydrogens (tertiary/aromatic N) is 1. The molecule has 0 saturated heterocycles. The summed E-state index contributed by atoms with van der Waals surface area (Å²) >= 11 is 0. The van der Waals surface area contributed by atoms with Crippen molar-refractivity contribution in [1.29, 1.82) is 5.26 Å². The minimum Gasteiger partial charge on any atom is -0.229 e. The maximum atomic E-state index is 12.0. The highest BCUT2D eigenvalue weighted by molar-refractivity contribution is 7.95. The molecule has 0 aliphatic rings. The molecule has 0 radical (unpaired) electrons. The molecule has 0 heterocycles. The van der Waals surface area contributed by atoms with Crippen LogP contribution in [0.1, 0.15) is 18.9 Å². The summed E-state index contributed by atoms with van der Waals surface area (Å²) in [4.78, 5) is -0.0155. The second kappa shape index (κ2) is 6.17. The van der Waals surface area contributed by atoms with Gasteiger partial charge in [-0.3, -0.25) is 0 Å². The molecule has 0 atom stereocenters. The molecular formula is C12H15NO4S2. The van der Waals surface area contributed by atoms with Crippen LogP contribution in [0, 0.1) is 11.3 Å². The third-order valence-electron chi connectivity index (χ3n) is 2.50. The number of hydrogen-bond donors (Lipinski definition) is 0. The van der Waals surface area contributed by atoms with Crippen molar-refractivity contribution in [2.24, 2.45) is 0 Å². The summed E-state index contributed by atoms with van der Waals surface area (Å²) in [6.07, 6.45) is 0.465. The average molecular weight is 301 g/mol. The Balaban J connectivity index is 2.91. The highest BCUT2D eigenvalue weighted by Gasteiger charge is 2.19. The van der Waals surface area contributed by atoms with Crippen LogP contribution in [0.15, 0.2) is 29.2 Å². The smallest absolute Gasteiger partial charge is 0.179 e. The molecule has 104 valence electrons. The van der Waals surface area contributed by atoms with Gasteiger partial charge in [-0.05, 0) is 24.6 Å². The van der Waals surface area contributed by atoms with Crippen LogP contribution in [0.25, 0.3) is 0 Å². The Bertz CT molecular complexity index is 685. The zero-order valence-electron chi connectivity index (χ0n) is 10.5. The minimum atomic E-state index is -3.67. The molecular weight excluding hydrogens is 286 g/mol. The Kier molecular flexibility index (Phi) is 5.09. The standard InChI is InChI=1S/C12H15NO4S2/c1-2-6-18(14,15)7-8-19(16,17)12-5-3-4-11(9-12)10-13/h3-5,9H,2,6-8H2,1H3. The normalized spacial score (nSPS) is 12.0. The van der Waals surface area contributed by atoms with Crippen molar-refractivity contribution in [3.05, 3.63) is 29.8 Å². The fourth-order valence-electron chi connectivity index (χ4n) is 1.53. The molecule has 0 aliphatic heterocycles. The number of nitriles is 1. The van der Waals surface area contributed by atoms with Gasteiger partial charge in [-0.15, -0.1) is 0 Å². The molecule has 7 heteroatoms. The molecule has 0 bridgehead atoms. The zero-order valence-corrected chi connectivity index (χ0v) is 12.2. The van der Waals surface area contributed by atoms with Crippen molar-refractivity contribution in [1.82, 2.24) is 0 Å². The Morgan fingerprint density at radius 1 is 1.11 bits per heavy atom. The van der Waals surface area contributed by atoms with Crippen molar-refractivity contribution in [3.63, 3.8) is 0 Å². The predicted octanol–water partition coefficient (Wildman–Crippen LogP) is 1.16. The number of benzene rings is 1. The van der Waals surface area contributed by atoms with Gasteiger partial charge in [0.05, 0.1) is 28.0 Å². The van der Waals surface area contributed by atoms with E-state index in [-0.39, 0.29) is 22.0 Å². The van der Waals surface area contributed by atoms with Gasteiger partial charge in [-0.2, -0.15) is 5.26 Å². The van der Waals surface area contributed by atoms with E-state index in [1.807, 2.05) is 6.07 Å². The molecule has 1 rings (SSSR count). The van der Waals surface area contributed by atoms with E-state index in [0.717, 1.165) is 0 Å². The maximum Gasteiger partial charge on any atom is 0.179 e. The van der Waals surface area contributed by atoms with Crippen LogP contribution in [-0.2, 0) is 19.7 Å². The van der Waals surface area contributed by atoms with E-state index in [4.69, 9.17) is 5.26 Å². The maximum absolute atomic E-state index is 12.0. The molecule has 0 aliphatic carbocycles. The molecule has 5 nitrogen and oxygen atoms in total. The van der Waals surface area contributed by atoms with Crippen LogP contribution in [0.5, 0.6) is 0 Å². The lowest BCUT2D eigenvalue weighted by Crippen LogP contribution is -2.19. The largest absolute Gasteiger partial charge is 0.229 e. The van der Waals surface area contributed by atoms with Crippen LogP contribution in [0.2, 0.25) is 0 Å². The first-order valence-corrected chi connectivity index (χ1v) is 9.21. The van der Waals surface area contributed by atoms with Gasteiger partial charge >= 0.3 is 0 Å². The Morgan fingerprint density at radius 3 is 2.37 bits per heavy atom. The first-order valence-electron chi connectivity index (χ1n) is 5.74. The monoisotopic (exact) mass is 301 g/mol. The molecule has 0 unspecified atom stereocenters. The van der Waals surface area contributed by atoms with E-state index < -0.39 is 25.4 Å². The van der Waals surface area contributed by atoms with Crippen LogP contribution < -0.4 is 0 Å². The molecule has 0 amide bonds. The van der Waals surface area contributed by atoms with Gasteiger partial charge in [0.2, 0.25) is 0 Å². The molecule has 1 aromatic carbocycles. The van der Waals surface area contributed by atoms with E-state index in [1.165, 1.54) is 24.3 Å². The van der Waals surface area contributed by atoms with Crippen molar-refractivity contribution >= 4 is 19.7 Å². The summed E-state index contributed by atoms with van der Waals surface area (Å²) < 4.78 is 47.0. The summed E-state index contributed by atoms with van der Waals surface area (Å²) in [5.41, 5.74) is 0.234. The topological polar surface area (TPSA) is 92.1 Å². The predicted molar refractivity (Wildman–Crippen MR) is 72.2 cm³/mol. The molecule has 0 N–H and O–H groups in total. The zero-order chi connectivity index (χ0) is 14.5. The minimum absolute atomic E-state index is 0.0131. The molecule has 0 saturated carbocycles. The summed E-state index contributed by atoms with van der Waals surface area (Å²) in [5, 5.41) is 8.72. The summed E-state index contributed by atoms with van der Waals surface area (Å²) in [7, 11) is -7.01. The third kappa shape index (κ3) is 4.65. The number of rotatable bonds is 6. The third-order valence-corrected chi connectivity index (χ3v) is 6.33. The molecule has 0 fully saturated rings. The summed E-state index contributed by atoms with van der Waals surface area (Å²) in [6.45, 7) is 1.72. The lowest BCUT2D eigenvalue weighted by atomic mass is 10.2. The van der Waals surface area contributed by atoms with Gasteiger partial charge in [0.15, 0.2) is 19.7 Å². The van der Waals surface area contributed by atoms with E-state index in [2.05, 4.69) is 0 Å². The second-order valence-electron chi connectivity index (χ2n) is 4.11. The Labute approximate surface area is 113 Å². The van der Waals surface area contributed by atoms with E-state index in [9.17, 15) is 16.8 Å². The van der Waals surface area contributed by atoms with Crippen LogP contribution in [0.3, 0.4) is 0 Å². The van der Waals surface area contributed by atoms with E-state index in [1.54, 1.807) is 6.92 Å². The van der Waals surface area contributed by atoms with Crippen molar-refractivity contribution in [3.8, 4) is 6.07 Å².